The van der Waals surface area contributed by atoms with Gasteiger partial charge in [-0.3, -0.25) is 4.90 Å². The average Bonchev–Trinajstić information content (AvgIpc) is 2.94. The predicted molar refractivity (Wildman–Crippen MR) is 96.0 cm³/mol. The normalized spacial score (nSPS) is 39.0. The lowest BCUT2D eigenvalue weighted by atomic mass is 9.53. The molecule has 2 heterocycles. The first-order valence-corrected chi connectivity index (χ1v) is 9.72. The van der Waals surface area contributed by atoms with E-state index in [1.54, 1.807) is 6.07 Å². The Balaban J connectivity index is 1.68. The van der Waals surface area contributed by atoms with Crippen molar-refractivity contribution in [3.8, 4) is 11.5 Å². The van der Waals surface area contributed by atoms with Gasteiger partial charge in [0.1, 0.15) is 12.2 Å². The molecule has 0 radical (unpaired) electrons. The zero-order valence-electron chi connectivity index (χ0n) is 15.0. The third-order valence-electron chi connectivity index (χ3n) is 7.19. The van der Waals surface area contributed by atoms with Gasteiger partial charge in [0, 0.05) is 29.0 Å². The molecule has 2 N–H and O–H groups in total. The summed E-state index contributed by atoms with van der Waals surface area (Å²) in [6, 6.07) is 4.86. The Morgan fingerprint density at radius 3 is 3.00 bits per heavy atom. The van der Waals surface area contributed by atoms with Crippen molar-refractivity contribution < 1.29 is 14.9 Å². The first-order chi connectivity index (χ1) is 12.1. The lowest BCUT2D eigenvalue weighted by molar-refractivity contribution is -0.0617. The lowest BCUT2D eigenvalue weighted by Crippen LogP contribution is -2.66. The van der Waals surface area contributed by atoms with Crippen LogP contribution in [0.4, 0.5) is 0 Å². The molecule has 0 aromatic heterocycles. The van der Waals surface area contributed by atoms with Crippen LogP contribution in [0, 0.1) is 5.92 Å². The highest BCUT2D eigenvalue weighted by Crippen LogP contribution is 2.62. The molecule has 5 rings (SSSR count). The molecule has 1 aromatic carbocycles. The first kappa shape index (κ1) is 15.7. The number of aromatic hydroxyl groups is 1. The summed E-state index contributed by atoms with van der Waals surface area (Å²) in [4.78, 5) is 2.69. The zero-order valence-corrected chi connectivity index (χ0v) is 15.0. The van der Waals surface area contributed by atoms with Gasteiger partial charge in [0.2, 0.25) is 0 Å². The van der Waals surface area contributed by atoms with Crippen molar-refractivity contribution >= 4 is 0 Å². The smallest absolute Gasteiger partial charge is 0.165 e. The minimum Gasteiger partial charge on any atom is -0.504 e. The standard InChI is InChI=1S/C21H27NO3/c1-3-4-12(2)22-10-9-21-14-6-8-17(24)20(21)25-19-16(23)7-5-13(18(19)21)11-15(14)22/h5-8,12,14-15,17,20,23-24H,3-4,9-11H2,1-2H3/t12?,14-,15+,17-,20-,21-/m0/s1. The van der Waals surface area contributed by atoms with E-state index >= 15 is 0 Å². The number of ether oxygens (including phenoxy) is 1. The van der Waals surface area contributed by atoms with E-state index in [1.165, 1.54) is 24.0 Å². The van der Waals surface area contributed by atoms with Crippen molar-refractivity contribution in [2.75, 3.05) is 6.54 Å². The van der Waals surface area contributed by atoms with Crippen LogP contribution in [0.2, 0.25) is 0 Å². The number of piperidine rings is 1. The van der Waals surface area contributed by atoms with Gasteiger partial charge in [0.15, 0.2) is 11.5 Å². The fraction of sp³-hybridized carbons (Fsp3) is 0.619. The van der Waals surface area contributed by atoms with Crippen LogP contribution < -0.4 is 4.74 Å². The highest BCUT2D eigenvalue weighted by molar-refractivity contribution is 5.61. The van der Waals surface area contributed by atoms with Crippen molar-refractivity contribution in [2.24, 2.45) is 5.92 Å². The molecule has 4 heteroatoms. The van der Waals surface area contributed by atoms with E-state index in [4.69, 9.17) is 4.74 Å². The second-order valence-corrected chi connectivity index (χ2v) is 8.33. The van der Waals surface area contributed by atoms with Gasteiger partial charge in [-0.25, -0.2) is 0 Å². The van der Waals surface area contributed by atoms with Crippen molar-refractivity contribution in [1.82, 2.24) is 4.90 Å². The molecule has 134 valence electrons. The van der Waals surface area contributed by atoms with Gasteiger partial charge in [0.05, 0.1) is 0 Å². The third-order valence-corrected chi connectivity index (χ3v) is 7.19. The number of nitrogens with zero attached hydrogens (tertiary/aromatic N) is 1. The maximum absolute atomic E-state index is 10.6. The Hall–Kier alpha value is -1.52. The van der Waals surface area contributed by atoms with Crippen LogP contribution in [0.1, 0.15) is 44.2 Å². The number of hydrogen-bond donors (Lipinski definition) is 2. The van der Waals surface area contributed by atoms with E-state index in [1.807, 2.05) is 6.08 Å². The number of aliphatic hydroxyl groups is 1. The van der Waals surface area contributed by atoms with E-state index in [9.17, 15) is 10.2 Å². The van der Waals surface area contributed by atoms with Crippen LogP contribution in [-0.4, -0.2) is 45.9 Å². The summed E-state index contributed by atoms with van der Waals surface area (Å²) in [5.41, 5.74) is 2.31. The number of hydrogen-bond acceptors (Lipinski definition) is 4. The lowest BCUT2D eigenvalue weighted by Gasteiger charge is -2.58. The summed E-state index contributed by atoms with van der Waals surface area (Å²) in [5, 5.41) is 21.0. The summed E-state index contributed by atoms with van der Waals surface area (Å²) in [7, 11) is 0. The quantitative estimate of drug-likeness (QED) is 0.830. The van der Waals surface area contributed by atoms with Crippen LogP contribution in [0.3, 0.4) is 0 Å². The SMILES string of the molecule is CCCC(C)N1CC[C@]23c4c5ccc(O)c4O[C@H]2[C@@H](O)C=C[C@H]3[C@H]1C5. The number of rotatable bonds is 3. The molecule has 6 atom stereocenters. The Bertz CT molecular complexity index is 745. The fourth-order valence-electron chi connectivity index (χ4n) is 6.22. The molecule has 1 unspecified atom stereocenters. The summed E-state index contributed by atoms with van der Waals surface area (Å²) in [5.74, 6) is 1.20. The molecule has 4 aliphatic rings. The second-order valence-electron chi connectivity index (χ2n) is 8.33. The maximum atomic E-state index is 10.6. The number of benzene rings is 1. The first-order valence-electron chi connectivity index (χ1n) is 9.72. The van der Waals surface area contributed by atoms with Gasteiger partial charge in [-0.1, -0.05) is 31.6 Å². The van der Waals surface area contributed by atoms with Crippen molar-refractivity contribution in [1.29, 1.82) is 0 Å². The van der Waals surface area contributed by atoms with E-state index in [-0.39, 0.29) is 17.3 Å². The highest BCUT2D eigenvalue weighted by Gasteiger charge is 2.64. The summed E-state index contributed by atoms with van der Waals surface area (Å²) in [6.45, 7) is 5.64. The average molecular weight is 341 g/mol. The van der Waals surface area contributed by atoms with Gasteiger partial charge in [-0.2, -0.15) is 0 Å². The minimum absolute atomic E-state index is 0.178. The Kier molecular flexibility index (Phi) is 3.29. The molecule has 1 saturated heterocycles. The van der Waals surface area contributed by atoms with Crippen LogP contribution in [-0.2, 0) is 11.8 Å². The second kappa shape index (κ2) is 5.24. The van der Waals surface area contributed by atoms with Gasteiger partial charge < -0.3 is 14.9 Å². The molecule has 1 spiro atoms. The Morgan fingerprint density at radius 1 is 1.36 bits per heavy atom. The van der Waals surface area contributed by atoms with Crippen LogP contribution >= 0.6 is 0 Å². The van der Waals surface area contributed by atoms with Gasteiger partial charge in [0.25, 0.3) is 0 Å². The van der Waals surface area contributed by atoms with Crippen molar-refractivity contribution in [3.63, 3.8) is 0 Å². The van der Waals surface area contributed by atoms with E-state index in [2.05, 4.69) is 30.9 Å². The molecule has 0 saturated carbocycles. The van der Waals surface area contributed by atoms with Crippen molar-refractivity contribution in [2.45, 2.75) is 69.2 Å². The summed E-state index contributed by atoms with van der Waals surface area (Å²) >= 11 is 0. The monoisotopic (exact) mass is 341 g/mol. The largest absolute Gasteiger partial charge is 0.504 e. The minimum atomic E-state index is -0.603. The summed E-state index contributed by atoms with van der Waals surface area (Å²) in [6.07, 6.45) is 7.69. The molecule has 0 amide bonds. The molecule has 1 fully saturated rings. The fourth-order valence-corrected chi connectivity index (χ4v) is 6.22. The molecule has 25 heavy (non-hydrogen) atoms. The predicted octanol–water partition coefficient (Wildman–Crippen LogP) is 2.76. The van der Waals surface area contributed by atoms with Crippen LogP contribution in [0.5, 0.6) is 11.5 Å². The van der Waals surface area contributed by atoms with Crippen LogP contribution in [0.15, 0.2) is 24.3 Å². The molecular weight excluding hydrogens is 314 g/mol. The molecular formula is C21H27NO3. The van der Waals surface area contributed by atoms with E-state index in [0.717, 1.165) is 19.4 Å². The van der Waals surface area contributed by atoms with Crippen LogP contribution in [0.25, 0.3) is 0 Å². The number of phenols is 1. The van der Waals surface area contributed by atoms with Gasteiger partial charge in [-0.15, -0.1) is 0 Å². The highest BCUT2D eigenvalue weighted by atomic mass is 16.5. The Morgan fingerprint density at radius 2 is 2.20 bits per heavy atom. The van der Waals surface area contributed by atoms with Gasteiger partial charge in [-0.05, 0) is 44.4 Å². The zero-order chi connectivity index (χ0) is 17.3. The molecule has 1 aromatic rings. The third kappa shape index (κ3) is 1.85. The summed E-state index contributed by atoms with van der Waals surface area (Å²) < 4.78 is 6.20. The van der Waals surface area contributed by atoms with Gasteiger partial charge >= 0.3 is 0 Å². The maximum Gasteiger partial charge on any atom is 0.165 e. The number of aliphatic hydroxyl groups excluding tert-OH is 1. The molecule has 2 aliphatic carbocycles. The molecule has 2 aliphatic heterocycles. The number of phenolic OH excluding ortho intramolecular Hbond substituents is 1. The molecule has 4 nitrogen and oxygen atoms in total. The van der Waals surface area contributed by atoms with E-state index in [0.29, 0.717) is 23.8 Å². The molecule has 2 bridgehead atoms. The van der Waals surface area contributed by atoms with Crippen molar-refractivity contribution in [3.05, 3.63) is 35.4 Å². The van der Waals surface area contributed by atoms with E-state index < -0.39 is 6.10 Å². The number of likely N-dealkylation sites (tertiary alicyclic amines) is 1. The Labute approximate surface area is 149 Å². The topological polar surface area (TPSA) is 52.9 Å².